The topological polar surface area (TPSA) is 169 Å². The number of carbonyl (C=O) groups is 2. The highest BCUT2D eigenvalue weighted by Crippen LogP contribution is 2.19. The monoisotopic (exact) mass is 417 g/mol. The fourth-order valence-corrected chi connectivity index (χ4v) is 3.65. The van der Waals surface area contributed by atoms with Crippen LogP contribution in [0.15, 0.2) is 41.7 Å². The smallest absolute Gasteiger partial charge is 0.340 e. The number of rotatable bonds is 5. The van der Waals surface area contributed by atoms with Gasteiger partial charge in [0.05, 0.1) is 6.20 Å². The highest BCUT2D eigenvalue weighted by atomic mass is 32.2. The first kappa shape index (κ1) is 19.9. The summed E-state index contributed by atoms with van der Waals surface area (Å²) in [5.74, 6) is -1.59. The molecule has 3 aromatic heterocycles. The second-order valence-electron chi connectivity index (χ2n) is 5.80. The zero-order chi connectivity index (χ0) is 21.2. The minimum Gasteiger partial charge on any atom is -0.478 e. The number of aromatic carboxylic acids is 1. The summed E-state index contributed by atoms with van der Waals surface area (Å²) in [7, 11) is -4.65. The number of anilines is 1. The van der Waals surface area contributed by atoms with Crippen LogP contribution in [-0.4, -0.2) is 50.3 Å². The highest BCUT2D eigenvalue weighted by Gasteiger charge is 2.31. The van der Waals surface area contributed by atoms with E-state index in [4.69, 9.17) is 0 Å². The van der Waals surface area contributed by atoms with E-state index in [0.29, 0.717) is 11.4 Å². The van der Waals surface area contributed by atoms with E-state index >= 15 is 0 Å². The zero-order valence-electron chi connectivity index (χ0n) is 15.2. The largest absolute Gasteiger partial charge is 0.478 e. The van der Waals surface area contributed by atoms with Crippen molar-refractivity contribution < 1.29 is 23.1 Å². The van der Waals surface area contributed by atoms with Crippen molar-refractivity contribution >= 4 is 28.0 Å². The van der Waals surface area contributed by atoms with Gasteiger partial charge < -0.3 is 5.11 Å². The molecule has 2 amide bonds. The summed E-state index contributed by atoms with van der Waals surface area (Å²) < 4.78 is 28.1. The van der Waals surface area contributed by atoms with Crippen LogP contribution in [0.5, 0.6) is 0 Å². The second-order valence-corrected chi connectivity index (χ2v) is 7.40. The van der Waals surface area contributed by atoms with Crippen molar-refractivity contribution in [2.75, 3.05) is 5.32 Å². The average Bonchev–Trinajstić information content (AvgIpc) is 3.07. The number of sulfonamides is 1. The van der Waals surface area contributed by atoms with Crippen LogP contribution < -0.4 is 10.0 Å². The Morgan fingerprint density at radius 1 is 1.14 bits per heavy atom. The standard InChI is InChI=1S/C16H15N7O5S/c1-9-7-10(2)20-15(19-9)21-16(26)22-29(27,28)13-11(14(24)25)8-18-23(13)12-5-3-4-6-17-12/h3-8H,1-2H3,(H,24,25)(H2,19,20,21,22,26). The van der Waals surface area contributed by atoms with Gasteiger partial charge in [-0.3, -0.25) is 5.32 Å². The third-order valence-electron chi connectivity index (χ3n) is 3.51. The number of aryl methyl sites for hydroxylation is 2. The van der Waals surface area contributed by atoms with E-state index in [2.05, 4.69) is 25.4 Å². The van der Waals surface area contributed by atoms with Crippen LogP contribution in [0.4, 0.5) is 10.7 Å². The van der Waals surface area contributed by atoms with E-state index in [1.165, 1.54) is 12.3 Å². The van der Waals surface area contributed by atoms with Crippen LogP contribution >= 0.6 is 0 Å². The van der Waals surface area contributed by atoms with E-state index in [9.17, 15) is 23.1 Å². The van der Waals surface area contributed by atoms with Gasteiger partial charge in [0, 0.05) is 17.6 Å². The summed E-state index contributed by atoms with van der Waals surface area (Å²) in [5, 5.41) is 14.6. The van der Waals surface area contributed by atoms with E-state index in [0.717, 1.165) is 10.9 Å². The van der Waals surface area contributed by atoms with Crippen LogP contribution in [0.2, 0.25) is 0 Å². The molecule has 0 aliphatic rings. The molecule has 0 aliphatic carbocycles. The molecule has 3 N–H and O–H groups in total. The zero-order valence-corrected chi connectivity index (χ0v) is 16.0. The van der Waals surface area contributed by atoms with Gasteiger partial charge >= 0.3 is 12.0 Å². The summed E-state index contributed by atoms with van der Waals surface area (Å²) >= 11 is 0. The van der Waals surface area contributed by atoms with Gasteiger partial charge in [0.1, 0.15) is 5.56 Å². The molecule has 0 aliphatic heterocycles. The third-order valence-corrected chi connectivity index (χ3v) is 4.87. The molecule has 0 bridgehead atoms. The van der Waals surface area contributed by atoms with Crippen LogP contribution in [0, 0.1) is 13.8 Å². The number of carboxylic acid groups (broad SMARTS) is 1. The van der Waals surface area contributed by atoms with Crippen molar-refractivity contribution in [3.63, 3.8) is 0 Å². The molecule has 12 nitrogen and oxygen atoms in total. The lowest BCUT2D eigenvalue weighted by molar-refractivity contribution is 0.0692. The number of hydrogen-bond donors (Lipinski definition) is 3. The Hall–Kier alpha value is -3.87. The summed E-state index contributed by atoms with van der Waals surface area (Å²) in [6.07, 6.45) is 2.24. The molecule has 3 rings (SSSR count). The van der Waals surface area contributed by atoms with Crippen molar-refractivity contribution in [2.24, 2.45) is 0 Å². The lowest BCUT2D eigenvalue weighted by Gasteiger charge is -2.11. The number of amides is 2. The quantitative estimate of drug-likeness (QED) is 0.545. The molecule has 0 saturated carbocycles. The van der Waals surface area contributed by atoms with E-state index < -0.39 is 32.6 Å². The Morgan fingerprint density at radius 2 is 1.83 bits per heavy atom. The maximum atomic E-state index is 12.8. The Bertz CT molecular complexity index is 1170. The van der Waals surface area contributed by atoms with Gasteiger partial charge in [-0.05, 0) is 32.0 Å². The number of hydrogen-bond acceptors (Lipinski definition) is 8. The van der Waals surface area contributed by atoms with E-state index in [-0.39, 0.29) is 11.8 Å². The normalized spacial score (nSPS) is 11.1. The van der Waals surface area contributed by atoms with E-state index in [1.54, 1.807) is 36.8 Å². The van der Waals surface area contributed by atoms with Gasteiger partial charge in [-0.25, -0.2) is 33.9 Å². The fraction of sp³-hybridized carbons (Fsp3) is 0.125. The SMILES string of the molecule is Cc1cc(C)nc(NC(=O)NS(=O)(=O)c2c(C(=O)O)cnn2-c2ccccn2)n1. The molecule has 150 valence electrons. The Kier molecular flexibility index (Phi) is 5.23. The summed E-state index contributed by atoms with van der Waals surface area (Å²) in [6, 6.07) is 5.10. The Labute approximate surface area is 164 Å². The van der Waals surface area contributed by atoms with Gasteiger partial charge in [-0.15, -0.1) is 0 Å². The molecule has 29 heavy (non-hydrogen) atoms. The van der Waals surface area contributed by atoms with Crippen molar-refractivity contribution in [2.45, 2.75) is 18.9 Å². The van der Waals surface area contributed by atoms with Crippen molar-refractivity contribution in [1.82, 2.24) is 29.5 Å². The number of urea groups is 1. The highest BCUT2D eigenvalue weighted by molar-refractivity contribution is 7.90. The maximum Gasteiger partial charge on any atom is 0.340 e. The van der Waals surface area contributed by atoms with Crippen LogP contribution in [0.1, 0.15) is 21.7 Å². The molecule has 0 fully saturated rings. The van der Waals surface area contributed by atoms with Crippen molar-refractivity contribution in [3.8, 4) is 5.82 Å². The predicted octanol–water partition coefficient (Wildman–Crippen LogP) is 0.883. The van der Waals surface area contributed by atoms with Gasteiger partial charge in [0.15, 0.2) is 10.8 Å². The predicted molar refractivity (Wildman–Crippen MR) is 99.2 cm³/mol. The summed E-state index contributed by atoms with van der Waals surface area (Å²) in [4.78, 5) is 35.6. The summed E-state index contributed by atoms with van der Waals surface area (Å²) in [6.45, 7) is 3.36. The molecule has 0 radical (unpaired) electrons. The first-order chi connectivity index (χ1) is 13.7. The molecular weight excluding hydrogens is 402 g/mol. The minimum absolute atomic E-state index is 0.0541. The molecule has 13 heteroatoms. The third kappa shape index (κ3) is 4.35. The molecule has 0 saturated heterocycles. The minimum atomic E-state index is -4.65. The molecule has 0 spiro atoms. The Balaban J connectivity index is 1.95. The second kappa shape index (κ2) is 7.63. The molecule has 0 atom stereocenters. The van der Waals surface area contributed by atoms with Gasteiger partial charge in [0.2, 0.25) is 5.95 Å². The molecule has 3 aromatic rings. The van der Waals surface area contributed by atoms with Crippen LogP contribution in [0.3, 0.4) is 0 Å². The average molecular weight is 417 g/mol. The molecule has 3 heterocycles. The lowest BCUT2D eigenvalue weighted by Crippen LogP contribution is -2.36. The number of carbonyl (C=O) groups excluding carboxylic acids is 1. The molecular formula is C16H15N7O5S. The number of carboxylic acids is 1. The lowest BCUT2D eigenvalue weighted by atomic mass is 10.4. The van der Waals surface area contributed by atoms with Crippen LogP contribution in [-0.2, 0) is 10.0 Å². The number of nitrogens with zero attached hydrogens (tertiary/aromatic N) is 5. The van der Waals surface area contributed by atoms with Crippen LogP contribution in [0.25, 0.3) is 5.82 Å². The fourth-order valence-electron chi connectivity index (χ4n) is 2.46. The van der Waals surface area contributed by atoms with Crippen molar-refractivity contribution in [1.29, 1.82) is 0 Å². The van der Waals surface area contributed by atoms with Gasteiger partial charge in [-0.1, -0.05) is 6.07 Å². The van der Waals surface area contributed by atoms with Gasteiger partial charge in [-0.2, -0.15) is 13.5 Å². The first-order valence-corrected chi connectivity index (χ1v) is 9.54. The number of aromatic nitrogens is 5. The molecule has 0 aromatic carbocycles. The summed E-state index contributed by atoms with van der Waals surface area (Å²) in [5.41, 5.74) is 0.507. The maximum absolute atomic E-state index is 12.8. The Morgan fingerprint density at radius 3 is 2.41 bits per heavy atom. The number of pyridine rings is 1. The number of nitrogens with one attached hydrogen (secondary N) is 2. The van der Waals surface area contributed by atoms with E-state index in [1.807, 2.05) is 0 Å². The first-order valence-electron chi connectivity index (χ1n) is 8.06. The van der Waals surface area contributed by atoms with Gasteiger partial charge in [0.25, 0.3) is 10.0 Å². The molecule has 0 unspecified atom stereocenters. The van der Waals surface area contributed by atoms with Crippen molar-refractivity contribution in [3.05, 3.63) is 53.6 Å².